The summed E-state index contributed by atoms with van der Waals surface area (Å²) in [6, 6.07) is 8.44. The normalized spacial score (nSPS) is 10.6. The number of nitrogens with one attached hydrogen (secondary N) is 2. The van der Waals surface area contributed by atoms with Crippen molar-refractivity contribution in [2.45, 2.75) is 20.3 Å². The number of hydrogen-bond donors (Lipinski definition) is 2. The second-order valence-electron chi connectivity index (χ2n) is 5.95. The SMILES string of the molecule is CC(C)CCNc1ccc(NC(=O)COc2ccc(Cl)cc2Cl)nc1. The average molecular weight is 382 g/mol. The zero-order chi connectivity index (χ0) is 18.2. The van der Waals surface area contributed by atoms with Gasteiger partial charge in [-0.3, -0.25) is 4.79 Å². The first-order valence-electron chi connectivity index (χ1n) is 8.01. The second kappa shape index (κ2) is 9.49. The predicted molar refractivity (Wildman–Crippen MR) is 103 cm³/mol. The number of halogens is 2. The zero-order valence-corrected chi connectivity index (χ0v) is 15.7. The summed E-state index contributed by atoms with van der Waals surface area (Å²) in [6.07, 6.45) is 2.77. The van der Waals surface area contributed by atoms with Crippen LogP contribution in [0.1, 0.15) is 20.3 Å². The van der Waals surface area contributed by atoms with E-state index in [0.29, 0.717) is 27.5 Å². The fraction of sp³-hybridized carbons (Fsp3) is 0.333. The third-order valence-corrected chi connectivity index (χ3v) is 3.86. The number of carbonyl (C=O) groups excluding carboxylic acids is 1. The molecule has 0 saturated carbocycles. The van der Waals surface area contributed by atoms with Crippen LogP contribution in [-0.4, -0.2) is 24.0 Å². The van der Waals surface area contributed by atoms with Crippen molar-refractivity contribution in [1.29, 1.82) is 0 Å². The first kappa shape index (κ1) is 19.3. The average Bonchev–Trinajstić information content (AvgIpc) is 2.55. The zero-order valence-electron chi connectivity index (χ0n) is 14.2. The van der Waals surface area contributed by atoms with Crippen LogP contribution in [0, 0.1) is 5.92 Å². The van der Waals surface area contributed by atoms with Gasteiger partial charge in [0, 0.05) is 11.6 Å². The number of rotatable bonds is 8. The molecular formula is C18H21Cl2N3O2. The lowest BCUT2D eigenvalue weighted by Gasteiger charge is -2.10. The van der Waals surface area contributed by atoms with Gasteiger partial charge < -0.3 is 15.4 Å². The minimum absolute atomic E-state index is 0.169. The summed E-state index contributed by atoms with van der Waals surface area (Å²) in [5.74, 6) is 1.19. The van der Waals surface area contributed by atoms with E-state index >= 15 is 0 Å². The Morgan fingerprint density at radius 3 is 2.68 bits per heavy atom. The van der Waals surface area contributed by atoms with Crippen molar-refractivity contribution in [2.75, 3.05) is 23.8 Å². The molecule has 2 aromatic rings. The molecule has 1 aromatic heterocycles. The van der Waals surface area contributed by atoms with Gasteiger partial charge in [-0.1, -0.05) is 37.0 Å². The highest BCUT2D eigenvalue weighted by molar-refractivity contribution is 6.35. The van der Waals surface area contributed by atoms with Gasteiger partial charge in [0.15, 0.2) is 6.61 Å². The van der Waals surface area contributed by atoms with Crippen LogP contribution < -0.4 is 15.4 Å². The molecule has 0 unspecified atom stereocenters. The molecule has 0 saturated heterocycles. The van der Waals surface area contributed by atoms with E-state index in [-0.39, 0.29) is 12.5 Å². The van der Waals surface area contributed by atoms with Gasteiger partial charge in [-0.15, -0.1) is 0 Å². The quantitative estimate of drug-likeness (QED) is 0.684. The topological polar surface area (TPSA) is 63.2 Å². The number of ether oxygens (including phenoxy) is 1. The Morgan fingerprint density at radius 1 is 1.24 bits per heavy atom. The van der Waals surface area contributed by atoms with Gasteiger partial charge in [-0.05, 0) is 42.7 Å². The molecule has 2 N–H and O–H groups in total. The van der Waals surface area contributed by atoms with Crippen molar-refractivity contribution >= 4 is 40.6 Å². The molecule has 1 amide bonds. The maximum absolute atomic E-state index is 11.9. The molecule has 0 atom stereocenters. The highest BCUT2D eigenvalue weighted by Crippen LogP contribution is 2.27. The van der Waals surface area contributed by atoms with Gasteiger partial charge >= 0.3 is 0 Å². The van der Waals surface area contributed by atoms with Crippen LogP contribution in [0.4, 0.5) is 11.5 Å². The van der Waals surface area contributed by atoms with E-state index in [9.17, 15) is 4.79 Å². The lowest BCUT2D eigenvalue weighted by atomic mass is 10.1. The third kappa shape index (κ3) is 6.80. The van der Waals surface area contributed by atoms with Crippen LogP contribution in [0.25, 0.3) is 0 Å². The van der Waals surface area contributed by atoms with Gasteiger partial charge in [0.1, 0.15) is 11.6 Å². The van der Waals surface area contributed by atoms with Gasteiger partial charge in [-0.25, -0.2) is 4.98 Å². The van der Waals surface area contributed by atoms with E-state index in [1.54, 1.807) is 30.5 Å². The van der Waals surface area contributed by atoms with E-state index in [4.69, 9.17) is 27.9 Å². The molecule has 0 aliphatic rings. The van der Waals surface area contributed by atoms with Crippen molar-refractivity contribution < 1.29 is 9.53 Å². The monoisotopic (exact) mass is 381 g/mol. The van der Waals surface area contributed by atoms with E-state index in [0.717, 1.165) is 18.7 Å². The van der Waals surface area contributed by atoms with Gasteiger partial charge in [-0.2, -0.15) is 0 Å². The van der Waals surface area contributed by atoms with Gasteiger partial charge in [0.05, 0.1) is 16.9 Å². The molecule has 7 heteroatoms. The summed E-state index contributed by atoms with van der Waals surface area (Å²) < 4.78 is 5.38. The number of anilines is 2. The summed E-state index contributed by atoms with van der Waals surface area (Å²) in [7, 11) is 0. The van der Waals surface area contributed by atoms with E-state index in [1.165, 1.54) is 0 Å². The number of hydrogen-bond acceptors (Lipinski definition) is 4. The maximum Gasteiger partial charge on any atom is 0.263 e. The van der Waals surface area contributed by atoms with Crippen molar-refractivity contribution in [3.05, 3.63) is 46.6 Å². The number of aromatic nitrogens is 1. The molecule has 0 aliphatic carbocycles. The number of benzene rings is 1. The standard InChI is InChI=1S/C18H21Cl2N3O2/c1-12(2)7-8-21-14-4-6-17(22-10-14)23-18(24)11-25-16-5-3-13(19)9-15(16)20/h3-6,9-10,12,21H,7-8,11H2,1-2H3,(H,22,23,24). The largest absolute Gasteiger partial charge is 0.482 e. The van der Waals surface area contributed by atoms with E-state index < -0.39 is 0 Å². The van der Waals surface area contributed by atoms with Crippen LogP contribution in [0.15, 0.2) is 36.5 Å². The molecular weight excluding hydrogens is 361 g/mol. The fourth-order valence-corrected chi connectivity index (χ4v) is 2.46. The molecule has 1 heterocycles. The third-order valence-electron chi connectivity index (χ3n) is 3.33. The number of amides is 1. The lowest BCUT2D eigenvalue weighted by molar-refractivity contribution is -0.118. The highest BCUT2D eigenvalue weighted by Gasteiger charge is 2.07. The number of nitrogens with zero attached hydrogens (tertiary/aromatic N) is 1. The van der Waals surface area contributed by atoms with Crippen molar-refractivity contribution in [2.24, 2.45) is 5.92 Å². The minimum Gasteiger partial charge on any atom is -0.482 e. The Labute approximate surface area is 157 Å². The maximum atomic E-state index is 11.9. The molecule has 5 nitrogen and oxygen atoms in total. The fourth-order valence-electron chi connectivity index (χ4n) is 1.99. The molecule has 1 aromatic carbocycles. The van der Waals surface area contributed by atoms with E-state index in [2.05, 4.69) is 29.5 Å². The molecule has 0 fully saturated rings. The molecule has 0 radical (unpaired) electrons. The van der Waals surface area contributed by atoms with Crippen molar-refractivity contribution in [3.8, 4) is 5.75 Å². The summed E-state index contributed by atoms with van der Waals surface area (Å²) >= 11 is 11.8. The number of pyridine rings is 1. The van der Waals surface area contributed by atoms with Crippen LogP contribution in [0.5, 0.6) is 5.75 Å². The Balaban J connectivity index is 1.80. The lowest BCUT2D eigenvalue weighted by Crippen LogP contribution is -2.20. The Kier molecular flexibility index (Phi) is 7.34. The first-order valence-corrected chi connectivity index (χ1v) is 8.77. The van der Waals surface area contributed by atoms with Crippen LogP contribution >= 0.6 is 23.2 Å². The molecule has 0 aliphatic heterocycles. The number of carbonyl (C=O) groups is 1. The summed E-state index contributed by atoms with van der Waals surface area (Å²) in [6.45, 7) is 5.08. The Morgan fingerprint density at radius 2 is 2.04 bits per heavy atom. The smallest absolute Gasteiger partial charge is 0.263 e. The van der Waals surface area contributed by atoms with Crippen LogP contribution in [0.2, 0.25) is 10.0 Å². The predicted octanol–water partition coefficient (Wildman–Crippen LogP) is 4.86. The van der Waals surface area contributed by atoms with Crippen molar-refractivity contribution in [3.63, 3.8) is 0 Å². The first-order chi connectivity index (χ1) is 11.9. The molecule has 25 heavy (non-hydrogen) atoms. The van der Waals surface area contributed by atoms with Crippen LogP contribution in [0.3, 0.4) is 0 Å². The summed E-state index contributed by atoms with van der Waals surface area (Å²) in [5.41, 5.74) is 0.919. The van der Waals surface area contributed by atoms with E-state index in [1.807, 2.05) is 6.07 Å². The Hall–Kier alpha value is -1.98. The van der Waals surface area contributed by atoms with Gasteiger partial charge in [0.2, 0.25) is 0 Å². The highest BCUT2D eigenvalue weighted by atomic mass is 35.5. The minimum atomic E-state index is -0.320. The molecule has 0 bridgehead atoms. The Bertz CT molecular complexity index is 706. The van der Waals surface area contributed by atoms with Crippen molar-refractivity contribution in [1.82, 2.24) is 4.98 Å². The summed E-state index contributed by atoms with van der Waals surface area (Å²) in [5, 5.41) is 6.83. The van der Waals surface area contributed by atoms with Crippen LogP contribution in [-0.2, 0) is 4.79 Å². The molecule has 134 valence electrons. The summed E-state index contributed by atoms with van der Waals surface area (Å²) in [4.78, 5) is 16.1. The van der Waals surface area contributed by atoms with Gasteiger partial charge in [0.25, 0.3) is 5.91 Å². The molecule has 0 spiro atoms. The molecule has 2 rings (SSSR count). The second-order valence-corrected chi connectivity index (χ2v) is 6.80.